The summed E-state index contributed by atoms with van der Waals surface area (Å²) in [5, 5.41) is 9.64. The van der Waals surface area contributed by atoms with Crippen LogP contribution >= 0.6 is 20.5 Å². The number of rotatable bonds is 10. The Labute approximate surface area is 108 Å². The first-order valence-electron chi connectivity index (χ1n) is 6.39. The number of nitrogens with zero attached hydrogens (tertiary/aromatic N) is 1. The topological polar surface area (TPSA) is 43.7 Å². The van der Waals surface area contributed by atoms with Gasteiger partial charge in [-0.3, -0.25) is 0 Å². The van der Waals surface area contributed by atoms with Crippen LogP contribution in [0.1, 0.15) is 59.3 Å². The zero-order valence-corrected chi connectivity index (χ0v) is 13.1. The second-order valence-electron chi connectivity index (χ2n) is 4.66. The molecule has 0 aliphatic rings. The molecule has 0 aliphatic heterocycles. The van der Waals surface area contributed by atoms with E-state index in [2.05, 4.69) is 20.8 Å². The molecule has 0 radical (unpaired) electrons. The van der Waals surface area contributed by atoms with Gasteiger partial charge in [0.15, 0.2) is 0 Å². The van der Waals surface area contributed by atoms with Gasteiger partial charge in [-0.05, 0) is 0 Å². The first-order chi connectivity index (χ1) is 7.57. The summed E-state index contributed by atoms with van der Waals surface area (Å²) in [5.74, 6) is 0.695. The number of hydrogen-bond acceptors (Lipinski definition) is 3. The van der Waals surface area contributed by atoms with E-state index in [4.69, 9.17) is 0 Å². The van der Waals surface area contributed by atoms with E-state index < -0.39 is 20.5 Å². The van der Waals surface area contributed by atoms with Crippen LogP contribution < -0.4 is 0 Å². The molecule has 0 bridgehead atoms. The van der Waals surface area contributed by atoms with Gasteiger partial charge in [-0.1, -0.05) is 0 Å². The molecule has 0 unspecified atom stereocenters. The standard InChI is InChI=1S/C12H28INO2/c1-4-5-6-7-11-14(16)13(15)10-8-9-12(2)3/h12,15-16H,4-11H2,1-3H3. The van der Waals surface area contributed by atoms with Crippen molar-refractivity contribution in [2.45, 2.75) is 59.3 Å². The Bertz CT molecular complexity index is 156. The molecule has 0 amide bonds. The number of unbranched alkanes of at least 4 members (excludes halogenated alkanes) is 3. The molecule has 0 saturated carbocycles. The molecular formula is C12H28INO2. The van der Waals surface area contributed by atoms with Crippen molar-refractivity contribution in [3.63, 3.8) is 0 Å². The number of alkyl halides is 1. The summed E-state index contributed by atoms with van der Waals surface area (Å²) in [5.41, 5.74) is 0. The zero-order valence-electron chi connectivity index (χ0n) is 11.0. The molecule has 3 nitrogen and oxygen atoms in total. The summed E-state index contributed by atoms with van der Waals surface area (Å²) in [4.78, 5) is 0. The molecule has 0 aliphatic carbocycles. The van der Waals surface area contributed by atoms with Gasteiger partial charge in [0.2, 0.25) is 0 Å². The molecule has 16 heavy (non-hydrogen) atoms. The van der Waals surface area contributed by atoms with Crippen LogP contribution in [-0.4, -0.2) is 22.9 Å². The van der Waals surface area contributed by atoms with Gasteiger partial charge in [-0.25, -0.2) is 0 Å². The van der Waals surface area contributed by atoms with Crippen molar-refractivity contribution < 1.29 is 8.64 Å². The van der Waals surface area contributed by atoms with Crippen molar-refractivity contribution in [3.8, 4) is 0 Å². The Morgan fingerprint density at radius 1 is 1.12 bits per heavy atom. The number of halogens is 1. The molecule has 100 valence electrons. The van der Waals surface area contributed by atoms with Crippen molar-refractivity contribution in [2.24, 2.45) is 5.92 Å². The average molecular weight is 345 g/mol. The summed E-state index contributed by atoms with van der Waals surface area (Å²) in [6, 6.07) is 0. The minimum absolute atomic E-state index is 0.656. The van der Waals surface area contributed by atoms with Gasteiger partial charge < -0.3 is 0 Å². The van der Waals surface area contributed by atoms with Crippen molar-refractivity contribution >= 4 is 20.5 Å². The zero-order chi connectivity index (χ0) is 12.4. The van der Waals surface area contributed by atoms with Crippen LogP contribution in [-0.2, 0) is 0 Å². The third-order valence-electron chi connectivity index (χ3n) is 2.51. The van der Waals surface area contributed by atoms with Crippen molar-refractivity contribution in [2.75, 3.05) is 11.0 Å². The van der Waals surface area contributed by atoms with Crippen LogP contribution in [0.15, 0.2) is 0 Å². The second-order valence-corrected chi connectivity index (χ2v) is 8.65. The summed E-state index contributed by atoms with van der Waals surface area (Å²) in [6.45, 7) is 7.21. The van der Waals surface area contributed by atoms with E-state index >= 15 is 0 Å². The fraction of sp³-hybridized carbons (Fsp3) is 1.00. The molecule has 0 spiro atoms. The normalized spacial score (nSPS) is 12.6. The van der Waals surface area contributed by atoms with Crippen LogP contribution in [0.2, 0.25) is 0 Å². The van der Waals surface area contributed by atoms with E-state index in [-0.39, 0.29) is 0 Å². The quantitative estimate of drug-likeness (QED) is 0.207. The van der Waals surface area contributed by atoms with E-state index in [1.165, 1.54) is 16.1 Å². The third-order valence-corrected chi connectivity index (χ3v) is 6.00. The first-order valence-corrected chi connectivity index (χ1v) is 9.85. The van der Waals surface area contributed by atoms with Gasteiger partial charge in [0.25, 0.3) is 0 Å². The van der Waals surface area contributed by atoms with Crippen LogP contribution in [0.5, 0.6) is 0 Å². The van der Waals surface area contributed by atoms with Crippen LogP contribution in [0.4, 0.5) is 0 Å². The van der Waals surface area contributed by atoms with Crippen LogP contribution in [0.3, 0.4) is 0 Å². The molecule has 0 heterocycles. The van der Waals surface area contributed by atoms with Gasteiger partial charge in [0, 0.05) is 0 Å². The molecule has 4 heteroatoms. The summed E-state index contributed by atoms with van der Waals surface area (Å²) >= 11 is -2.19. The molecular weight excluding hydrogens is 317 g/mol. The Morgan fingerprint density at radius 2 is 1.81 bits per heavy atom. The van der Waals surface area contributed by atoms with Gasteiger partial charge in [-0.15, -0.1) is 0 Å². The van der Waals surface area contributed by atoms with Crippen LogP contribution in [0, 0.1) is 5.92 Å². The first kappa shape index (κ1) is 16.6. The molecule has 0 aromatic heterocycles. The van der Waals surface area contributed by atoms with E-state index in [0.29, 0.717) is 12.5 Å². The molecule has 2 N–H and O–H groups in total. The fourth-order valence-electron chi connectivity index (χ4n) is 1.47. The van der Waals surface area contributed by atoms with Gasteiger partial charge in [-0.2, -0.15) is 0 Å². The minimum atomic E-state index is -2.19. The Morgan fingerprint density at radius 3 is 2.38 bits per heavy atom. The van der Waals surface area contributed by atoms with Crippen LogP contribution in [0.25, 0.3) is 0 Å². The Balaban J connectivity index is 3.45. The van der Waals surface area contributed by atoms with E-state index in [0.717, 1.165) is 30.1 Å². The number of hydroxylamine groups is 1. The predicted octanol–water partition coefficient (Wildman–Crippen LogP) is 4.02. The van der Waals surface area contributed by atoms with Gasteiger partial charge in [0.1, 0.15) is 0 Å². The SMILES string of the molecule is CCCCCCN(O)I(O)CCCC(C)C. The van der Waals surface area contributed by atoms with Crippen molar-refractivity contribution in [3.05, 3.63) is 0 Å². The molecule has 0 aromatic rings. The van der Waals surface area contributed by atoms with Gasteiger partial charge >= 0.3 is 109 Å². The maximum absolute atomic E-state index is 9.82. The van der Waals surface area contributed by atoms with E-state index in [9.17, 15) is 8.64 Å². The predicted molar refractivity (Wildman–Crippen MR) is 77.8 cm³/mol. The van der Waals surface area contributed by atoms with Gasteiger partial charge in [0.05, 0.1) is 0 Å². The van der Waals surface area contributed by atoms with Crippen molar-refractivity contribution in [1.82, 2.24) is 3.28 Å². The Hall–Kier alpha value is 0.610. The summed E-state index contributed by atoms with van der Waals surface area (Å²) < 4.78 is 11.9. The summed E-state index contributed by atoms with van der Waals surface area (Å²) in [6.07, 6.45) is 6.79. The second kappa shape index (κ2) is 10.7. The molecule has 0 rings (SSSR count). The van der Waals surface area contributed by atoms with E-state index in [1.54, 1.807) is 0 Å². The van der Waals surface area contributed by atoms with E-state index in [1.807, 2.05) is 0 Å². The number of hydrogen-bond donors (Lipinski definition) is 2. The Kier molecular flexibility index (Phi) is 11.2. The maximum atomic E-state index is 9.82. The summed E-state index contributed by atoms with van der Waals surface area (Å²) in [7, 11) is 0. The monoisotopic (exact) mass is 345 g/mol. The molecule has 0 atom stereocenters. The third kappa shape index (κ3) is 9.81. The fourth-order valence-corrected chi connectivity index (χ4v) is 4.05. The van der Waals surface area contributed by atoms with Crippen molar-refractivity contribution in [1.29, 1.82) is 0 Å². The molecule has 0 saturated heterocycles. The molecule has 0 fully saturated rings. The molecule has 0 aromatic carbocycles. The average Bonchev–Trinajstić information content (AvgIpc) is 2.23.